The lowest BCUT2D eigenvalue weighted by Gasteiger charge is -2.37. The summed E-state index contributed by atoms with van der Waals surface area (Å²) in [4.78, 5) is 69.5. The second-order valence-electron chi connectivity index (χ2n) is 14.9. The van der Waals surface area contributed by atoms with Crippen molar-refractivity contribution in [3.8, 4) is 0 Å². The van der Waals surface area contributed by atoms with E-state index in [4.69, 9.17) is 10.5 Å². The van der Waals surface area contributed by atoms with Gasteiger partial charge in [-0.2, -0.15) is 0 Å². The van der Waals surface area contributed by atoms with Crippen molar-refractivity contribution in [3.63, 3.8) is 0 Å². The van der Waals surface area contributed by atoms with Crippen molar-refractivity contribution in [2.24, 2.45) is 11.7 Å². The molecule has 17 heteroatoms. The number of likely N-dealkylation sites (tertiary alicyclic amines) is 1. The van der Waals surface area contributed by atoms with Gasteiger partial charge in [0.25, 0.3) is 11.8 Å². The van der Waals surface area contributed by atoms with Gasteiger partial charge in [0, 0.05) is 50.8 Å². The summed E-state index contributed by atoms with van der Waals surface area (Å²) in [5, 5.41) is 24.7. The number of carbonyl (C=O) groups is 5. The van der Waals surface area contributed by atoms with Crippen LogP contribution in [-0.2, 0) is 39.4 Å². The molecule has 0 bridgehead atoms. The average Bonchev–Trinajstić information content (AvgIpc) is 3.76. The van der Waals surface area contributed by atoms with E-state index in [0.717, 1.165) is 38.4 Å². The molecule has 2 aromatic rings. The van der Waals surface area contributed by atoms with Crippen molar-refractivity contribution in [1.29, 1.82) is 0 Å². The fraction of sp³-hybridized carbons (Fsp3) is 0.629. The molecular weight excluding hydrogens is 694 g/mol. The Morgan fingerprint density at radius 3 is 2.38 bits per heavy atom. The van der Waals surface area contributed by atoms with E-state index in [1.165, 1.54) is 34.0 Å². The molecule has 5 rings (SSSR count). The van der Waals surface area contributed by atoms with Crippen molar-refractivity contribution < 1.29 is 42.2 Å². The van der Waals surface area contributed by atoms with Crippen molar-refractivity contribution >= 4 is 39.2 Å². The quantitative estimate of drug-likeness (QED) is 0.223. The lowest BCUT2D eigenvalue weighted by atomic mass is 9.84. The molecule has 16 nitrogen and oxygen atoms in total. The number of nitrogens with zero attached hydrogens (tertiary/aromatic N) is 4. The second-order valence-corrected chi connectivity index (χ2v) is 16.9. The molecule has 1 aliphatic carbocycles. The second kappa shape index (κ2) is 15.4. The molecule has 0 unspecified atom stereocenters. The average molecular weight is 744 g/mol. The van der Waals surface area contributed by atoms with Gasteiger partial charge < -0.3 is 31.1 Å². The van der Waals surface area contributed by atoms with Crippen molar-refractivity contribution in [1.82, 2.24) is 30.5 Å². The Hall–Kier alpha value is -4.22. The van der Waals surface area contributed by atoms with Gasteiger partial charge in [-0.3, -0.25) is 24.0 Å². The number of Topliss-reactive ketones (excluding diaryl/α,β-unsaturated/α-hetero) is 1. The third-order valence-electron chi connectivity index (χ3n) is 10.5. The summed E-state index contributed by atoms with van der Waals surface area (Å²) in [7, 11) is -3.53. The molecule has 3 heterocycles. The molecule has 4 amide bonds. The molecule has 1 aromatic heterocycles. The van der Waals surface area contributed by atoms with Gasteiger partial charge in [0.2, 0.25) is 17.6 Å². The van der Waals surface area contributed by atoms with Crippen LogP contribution in [0.2, 0.25) is 0 Å². The number of aliphatic hydroxyl groups is 1. The molecular formula is C35H49N7O9S. The Labute approximate surface area is 303 Å². The van der Waals surface area contributed by atoms with Gasteiger partial charge >= 0.3 is 0 Å². The van der Waals surface area contributed by atoms with E-state index in [2.05, 4.69) is 20.9 Å². The molecule has 3 aliphatic rings. The minimum Gasteiger partial charge on any atom is -0.384 e. The summed E-state index contributed by atoms with van der Waals surface area (Å²) in [6, 6.07) is 1.36. The van der Waals surface area contributed by atoms with E-state index in [1.807, 2.05) is 0 Å². The number of sulfone groups is 1. The highest BCUT2D eigenvalue weighted by Gasteiger charge is 2.49. The van der Waals surface area contributed by atoms with Gasteiger partial charge in [-0.15, -0.1) is 5.10 Å². The first-order chi connectivity index (χ1) is 24.4. The first-order valence-electron chi connectivity index (χ1n) is 17.7. The number of hydrogen-bond acceptors (Lipinski definition) is 11. The molecule has 284 valence electrons. The van der Waals surface area contributed by atoms with Crippen LogP contribution >= 0.6 is 0 Å². The minimum absolute atomic E-state index is 0.00837. The van der Waals surface area contributed by atoms with Crippen LogP contribution in [0.4, 0.5) is 0 Å². The zero-order valence-corrected chi connectivity index (χ0v) is 30.9. The number of aryl methyl sites for hydroxylation is 1. The number of aromatic nitrogens is 3. The predicted molar refractivity (Wildman–Crippen MR) is 186 cm³/mol. The van der Waals surface area contributed by atoms with Crippen LogP contribution in [0.15, 0.2) is 29.3 Å². The first kappa shape index (κ1) is 39.0. The Bertz CT molecular complexity index is 1810. The van der Waals surface area contributed by atoms with Crippen LogP contribution in [0.25, 0.3) is 0 Å². The molecule has 52 heavy (non-hydrogen) atoms. The van der Waals surface area contributed by atoms with Crippen LogP contribution in [0.1, 0.15) is 99.3 Å². The van der Waals surface area contributed by atoms with Crippen LogP contribution in [-0.4, -0.2) is 106 Å². The topological polar surface area (TPSA) is 233 Å². The fourth-order valence-electron chi connectivity index (χ4n) is 7.74. The summed E-state index contributed by atoms with van der Waals surface area (Å²) in [5.41, 5.74) is 3.33. The van der Waals surface area contributed by atoms with E-state index in [-0.39, 0.29) is 55.4 Å². The predicted octanol–water partition coefficient (Wildman–Crippen LogP) is 0.848. The summed E-state index contributed by atoms with van der Waals surface area (Å²) in [6.07, 6.45) is 7.60. The van der Waals surface area contributed by atoms with E-state index in [1.54, 1.807) is 20.8 Å². The highest BCUT2D eigenvalue weighted by Crippen LogP contribution is 2.34. The maximum Gasteiger partial charge on any atom is 0.287 e. The van der Waals surface area contributed by atoms with Crippen molar-refractivity contribution in [2.45, 2.75) is 113 Å². The van der Waals surface area contributed by atoms with Gasteiger partial charge in [-0.05, 0) is 56.9 Å². The lowest BCUT2D eigenvalue weighted by Crippen LogP contribution is -2.64. The number of ketones is 1. The number of amides is 4. The number of benzene rings is 1. The minimum atomic E-state index is -3.53. The Morgan fingerprint density at radius 1 is 1.12 bits per heavy atom. The third kappa shape index (κ3) is 8.52. The maximum atomic E-state index is 14.8. The van der Waals surface area contributed by atoms with Crippen LogP contribution in [0.3, 0.4) is 0 Å². The Kier molecular flexibility index (Phi) is 11.6. The molecule has 3 atom stereocenters. The Morgan fingerprint density at radius 2 is 1.79 bits per heavy atom. The van der Waals surface area contributed by atoms with Crippen molar-refractivity contribution in [2.75, 3.05) is 26.0 Å². The number of nitrogens with one attached hydrogen (secondary N) is 2. The number of carbonyl (C=O) groups excluding carboxylic acids is 5. The number of rotatable bonds is 12. The van der Waals surface area contributed by atoms with Gasteiger partial charge in [0.05, 0.1) is 22.8 Å². The molecule has 1 aromatic carbocycles. The Balaban J connectivity index is 1.50. The largest absolute Gasteiger partial charge is 0.384 e. The van der Waals surface area contributed by atoms with Gasteiger partial charge in [-0.1, -0.05) is 37.3 Å². The molecule has 2 saturated heterocycles. The summed E-state index contributed by atoms with van der Waals surface area (Å²) >= 11 is 0. The standard InChI is InChI=1S/C35H49N7O9S/c1-21-16-23(10-11-27(21)52(4,49)50)31(45)38-25(17-22-8-6-5-7-9-22)33(47)41-20-24(42-28(19-37-40-42)34(2,3)48)18-26(41)32(46)39-35(29(43)30(36)44)12-14-51-15-13-35/h10-11,16,19,22,24-26,48H,5-9,12-15,17-18,20H2,1-4H3,(H2,36,44)(H,38,45)(H,39,46)/t24-,25+,26-/m0/s1. The van der Waals surface area contributed by atoms with Crippen LogP contribution in [0, 0.1) is 12.8 Å². The SMILES string of the molecule is Cc1cc(C(=O)N[C@H](CC2CCCCC2)C(=O)N2C[C@@H](n3nncc3C(C)(C)O)C[C@H]2C(=O)NC2(C(=O)C(N)=O)CCOCC2)ccc1S(C)(=O)=O. The van der Waals surface area contributed by atoms with E-state index in [0.29, 0.717) is 17.7 Å². The molecule has 0 radical (unpaired) electrons. The van der Waals surface area contributed by atoms with E-state index < -0.39 is 68.5 Å². The molecule has 2 aliphatic heterocycles. The first-order valence-corrected chi connectivity index (χ1v) is 19.6. The van der Waals surface area contributed by atoms with Gasteiger partial charge in [0.15, 0.2) is 9.84 Å². The number of primary amides is 1. The van der Waals surface area contributed by atoms with Gasteiger partial charge in [-0.25, -0.2) is 13.1 Å². The molecule has 3 fully saturated rings. The van der Waals surface area contributed by atoms with E-state index in [9.17, 15) is 37.5 Å². The highest BCUT2D eigenvalue weighted by atomic mass is 32.2. The molecule has 0 spiro atoms. The number of nitrogens with two attached hydrogens (primary N) is 1. The zero-order chi connectivity index (χ0) is 38.0. The summed E-state index contributed by atoms with van der Waals surface area (Å²) < 4.78 is 31.3. The number of ether oxygens (including phenoxy) is 1. The third-order valence-corrected chi connectivity index (χ3v) is 11.8. The lowest BCUT2D eigenvalue weighted by molar-refractivity contribution is -0.147. The smallest absolute Gasteiger partial charge is 0.287 e. The van der Waals surface area contributed by atoms with Crippen molar-refractivity contribution in [3.05, 3.63) is 41.2 Å². The maximum absolute atomic E-state index is 14.8. The van der Waals surface area contributed by atoms with E-state index >= 15 is 0 Å². The van der Waals surface area contributed by atoms with Crippen LogP contribution < -0.4 is 16.4 Å². The highest BCUT2D eigenvalue weighted by molar-refractivity contribution is 7.90. The number of hydrogen-bond donors (Lipinski definition) is 4. The molecule has 1 saturated carbocycles. The summed E-state index contributed by atoms with van der Waals surface area (Å²) in [5.74, 6) is -3.84. The summed E-state index contributed by atoms with van der Waals surface area (Å²) in [6.45, 7) is 4.88. The fourth-order valence-corrected chi connectivity index (χ4v) is 8.70. The van der Waals surface area contributed by atoms with Gasteiger partial charge in [0.1, 0.15) is 23.2 Å². The zero-order valence-electron chi connectivity index (χ0n) is 30.1. The molecule has 5 N–H and O–H groups in total. The monoisotopic (exact) mass is 743 g/mol. The normalized spacial score (nSPS) is 21.7. The van der Waals surface area contributed by atoms with Crippen LogP contribution in [0.5, 0.6) is 0 Å².